The van der Waals surface area contributed by atoms with Gasteiger partial charge in [0.1, 0.15) is 5.75 Å². The van der Waals surface area contributed by atoms with Crippen LogP contribution in [0.25, 0.3) is 0 Å². The predicted octanol–water partition coefficient (Wildman–Crippen LogP) is 2.46. The zero-order chi connectivity index (χ0) is 15.8. The smallest absolute Gasteiger partial charge is 0.435 e. The molecule has 0 N–H and O–H groups in total. The van der Waals surface area contributed by atoms with E-state index < -0.39 is 24.9 Å². The van der Waals surface area contributed by atoms with Crippen molar-refractivity contribution in [3.63, 3.8) is 0 Å². The molecule has 0 aliphatic carbocycles. The quantitative estimate of drug-likeness (QED) is 0.804. The van der Waals surface area contributed by atoms with E-state index in [2.05, 4.69) is 4.74 Å². The summed E-state index contributed by atoms with van der Waals surface area (Å²) < 4.78 is 41.2. The molecule has 0 spiro atoms. The van der Waals surface area contributed by atoms with Gasteiger partial charge in [0.05, 0.1) is 22.8 Å². The highest BCUT2D eigenvalue weighted by Gasteiger charge is 2.53. The van der Waals surface area contributed by atoms with E-state index in [9.17, 15) is 14.0 Å². The van der Waals surface area contributed by atoms with Crippen LogP contribution in [-0.2, 0) is 9.31 Å². The van der Waals surface area contributed by atoms with Crippen LogP contribution in [0.1, 0.15) is 33.3 Å². The highest BCUT2D eigenvalue weighted by atomic mass is 19.3. The second-order valence-electron chi connectivity index (χ2n) is 5.80. The van der Waals surface area contributed by atoms with Gasteiger partial charge in [0.15, 0.2) is 0 Å². The Labute approximate surface area is 122 Å². The van der Waals surface area contributed by atoms with Gasteiger partial charge in [-0.05, 0) is 39.8 Å². The van der Waals surface area contributed by atoms with Crippen LogP contribution in [0.4, 0.5) is 8.78 Å². The van der Waals surface area contributed by atoms with E-state index >= 15 is 0 Å². The molecular formula is C14H16BF2NO3. The Hall–Kier alpha value is -1.65. The van der Waals surface area contributed by atoms with Gasteiger partial charge in [-0.1, -0.05) is 6.07 Å². The van der Waals surface area contributed by atoms with Gasteiger partial charge in [0, 0.05) is 5.46 Å². The Bertz CT molecular complexity index is 568. The van der Waals surface area contributed by atoms with Gasteiger partial charge in [-0.15, -0.1) is 0 Å². The van der Waals surface area contributed by atoms with E-state index in [1.54, 1.807) is 0 Å². The van der Waals surface area contributed by atoms with E-state index in [0.29, 0.717) is 0 Å². The van der Waals surface area contributed by atoms with Gasteiger partial charge >= 0.3 is 13.7 Å². The second kappa shape index (κ2) is 5.28. The Morgan fingerprint density at radius 2 is 1.76 bits per heavy atom. The average Bonchev–Trinajstić information content (AvgIpc) is 2.57. The fraction of sp³-hybridized carbons (Fsp3) is 0.500. The van der Waals surface area contributed by atoms with E-state index in [0.717, 1.165) is 0 Å². The minimum Gasteiger partial charge on any atom is -0.435 e. The largest absolute Gasteiger partial charge is 0.500 e. The molecule has 21 heavy (non-hydrogen) atoms. The SMILES string of the molecule is CC1(C)OB(c2c(C#N)cccc2OC(F)F)OC1(C)C. The molecule has 2 rings (SSSR count). The van der Waals surface area contributed by atoms with Crippen molar-refractivity contribution in [1.29, 1.82) is 5.26 Å². The minimum absolute atomic E-state index is 0.109. The molecule has 1 fully saturated rings. The van der Waals surface area contributed by atoms with Gasteiger partial charge in [-0.25, -0.2) is 0 Å². The van der Waals surface area contributed by atoms with Crippen LogP contribution in [0.15, 0.2) is 18.2 Å². The Morgan fingerprint density at radius 3 is 2.24 bits per heavy atom. The fourth-order valence-electron chi connectivity index (χ4n) is 2.04. The molecule has 1 aliphatic heterocycles. The summed E-state index contributed by atoms with van der Waals surface area (Å²) in [5.41, 5.74) is -0.893. The van der Waals surface area contributed by atoms with Crippen LogP contribution in [0, 0.1) is 11.3 Å². The molecule has 4 nitrogen and oxygen atoms in total. The first kappa shape index (κ1) is 15.7. The molecule has 0 saturated carbocycles. The molecule has 1 heterocycles. The Morgan fingerprint density at radius 1 is 1.19 bits per heavy atom. The van der Waals surface area contributed by atoms with Crippen molar-refractivity contribution in [2.45, 2.75) is 45.5 Å². The molecule has 0 bridgehead atoms. The lowest BCUT2D eigenvalue weighted by molar-refractivity contribution is -0.0492. The number of halogens is 2. The number of hydrogen-bond acceptors (Lipinski definition) is 4. The summed E-state index contributed by atoms with van der Waals surface area (Å²) in [4.78, 5) is 0. The van der Waals surface area contributed by atoms with Crippen LogP contribution in [0.2, 0.25) is 0 Å². The fourth-order valence-corrected chi connectivity index (χ4v) is 2.04. The van der Waals surface area contributed by atoms with Gasteiger partial charge in [-0.2, -0.15) is 14.0 Å². The number of nitrogens with zero attached hydrogens (tertiary/aromatic N) is 1. The molecule has 0 radical (unpaired) electrons. The number of hydrogen-bond donors (Lipinski definition) is 0. The second-order valence-corrected chi connectivity index (χ2v) is 5.80. The molecule has 1 aromatic carbocycles. The summed E-state index contributed by atoms with van der Waals surface area (Å²) in [5.74, 6) is -0.109. The van der Waals surface area contributed by atoms with Crippen LogP contribution < -0.4 is 10.2 Å². The molecule has 0 unspecified atom stereocenters. The van der Waals surface area contributed by atoms with Crippen molar-refractivity contribution < 1.29 is 22.8 Å². The standard InChI is InChI=1S/C14H16BF2NO3/c1-13(2)14(3,4)21-15(20-13)11-9(8-18)6-5-7-10(11)19-12(16)17/h5-7,12H,1-4H3. The summed E-state index contributed by atoms with van der Waals surface area (Å²) >= 11 is 0. The summed E-state index contributed by atoms with van der Waals surface area (Å²) in [6.45, 7) is 4.39. The lowest BCUT2D eigenvalue weighted by Crippen LogP contribution is -2.41. The maximum absolute atomic E-state index is 12.5. The summed E-state index contributed by atoms with van der Waals surface area (Å²) in [5, 5.41) is 9.19. The lowest BCUT2D eigenvalue weighted by Gasteiger charge is -2.32. The van der Waals surface area contributed by atoms with Gasteiger partial charge in [-0.3, -0.25) is 0 Å². The van der Waals surface area contributed by atoms with Crippen molar-refractivity contribution in [1.82, 2.24) is 0 Å². The van der Waals surface area contributed by atoms with Crippen molar-refractivity contribution >= 4 is 12.6 Å². The molecule has 1 saturated heterocycles. The topological polar surface area (TPSA) is 51.5 Å². The van der Waals surface area contributed by atoms with Crippen LogP contribution in [0.3, 0.4) is 0 Å². The minimum atomic E-state index is -2.99. The third-order valence-corrected chi connectivity index (χ3v) is 3.89. The van der Waals surface area contributed by atoms with Crippen LogP contribution in [0.5, 0.6) is 5.75 Å². The third-order valence-electron chi connectivity index (χ3n) is 3.89. The van der Waals surface area contributed by atoms with Gasteiger partial charge < -0.3 is 14.0 Å². The number of nitriles is 1. The molecule has 112 valence electrons. The monoisotopic (exact) mass is 295 g/mol. The van der Waals surface area contributed by atoms with Crippen molar-refractivity contribution in [3.05, 3.63) is 23.8 Å². The van der Waals surface area contributed by atoms with Crippen LogP contribution >= 0.6 is 0 Å². The zero-order valence-corrected chi connectivity index (χ0v) is 12.3. The maximum atomic E-state index is 12.5. The average molecular weight is 295 g/mol. The van der Waals surface area contributed by atoms with Crippen LogP contribution in [-0.4, -0.2) is 24.9 Å². The number of alkyl halides is 2. The first-order valence-corrected chi connectivity index (χ1v) is 6.51. The molecule has 1 aromatic rings. The molecule has 0 aromatic heterocycles. The first-order valence-electron chi connectivity index (χ1n) is 6.51. The maximum Gasteiger partial charge on any atom is 0.500 e. The summed E-state index contributed by atoms with van der Waals surface area (Å²) in [6, 6.07) is 6.31. The third kappa shape index (κ3) is 2.87. The van der Waals surface area contributed by atoms with E-state index in [1.165, 1.54) is 18.2 Å². The molecular weight excluding hydrogens is 279 g/mol. The zero-order valence-electron chi connectivity index (χ0n) is 12.3. The number of rotatable bonds is 3. The highest BCUT2D eigenvalue weighted by Crippen LogP contribution is 2.37. The summed E-state index contributed by atoms with van der Waals surface area (Å²) in [6.07, 6.45) is 0. The Balaban J connectivity index is 2.47. The first-order chi connectivity index (χ1) is 9.68. The molecule has 0 atom stereocenters. The van der Waals surface area contributed by atoms with Crippen molar-refractivity contribution in [2.75, 3.05) is 0 Å². The predicted molar refractivity (Wildman–Crippen MR) is 73.5 cm³/mol. The van der Waals surface area contributed by atoms with E-state index in [1.807, 2.05) is 33.8 Å². The van der Waals surface area contributed by atoms with Crippen molar-refractivity contribution in [2.24, 2.45) is 0 Å². The lowest BCUT2D eigenvalue weighted by atomic mass is 9.75. The number of benzene rings is 1. The number of ether oxygens (including phenoxy) is 1. The summed E-state index contributed by atoms with van der Waals surface area (Å²) in [7, 11) is -0.931. The normalized spacial score (nSPS) is 19.6. The van der Waals surface area contributed by atoms with Crippen molar-refractivity contribution in [3.8, 4) is 11.8 Å². The molecule has 0 amide bonds. The molecule has 7 heteroatoms. The van der Waals surface area contributed by atoms with E-state index in [4.69, 9.17) is 9.31 Å². The van der Waals surface area contributed by atoms with E-state index in [-0.39, 0.29) is 16.8 Å². The Kier molecular flexibility index (Phi) is 3.96. The highest BCUT2D eigenvalue weighted by molar-refractivity contribution is 6.64. The van der Waals surface area contributed by atoms with Gasteiger partial charge in [0.25, 0.3) is 0 Å². The van der Waals surface area contributed by atoms with Gasteiger partial charge in [0.2, 0.25) is 0 Å². The molecule has 1 aliphatic rings.